The van der Waals surface area contributed by atoms with Crippen molar-refractivity contribution in [3.8, 4) is 0 Å². The zero-order chi connectivity index (χ0) is 20.9. The number of para-hydroxylation sites is 1. The molecule has 30 heavy (non-hydrogen) atoms. The average molecular weight is 423 g/mol. The molecule has 5 nitrogen and oxygen atoms in total. The van der Waals surface area contributed by atoms with Crippen LogP contribution in [0.2, 0.25) is 5.02 Å². The third-order valence-corrected chi connectivity index (χ3v) is 5.77. The first-order chi connectivity index (χ1) is 14.6. The third kappa shape index (κ3) is 4.74. The summed E-state index contributed by atoms with van der Waals surface area (Å²) in [4.78, 5) is 26.7. The first kappa shape index (κ1) is 20.2. The van der Waals surface area contributed by atoms with Crippen LogP contribution in [-0.2, 0) is 4.79 Å². The lowest BCUT2D eigenvalue weighted by Crippen LogP contribution is -2.41. The second-order valence-electron chi connectivity index (χ2n) is 7.48. The van der Waals surface area contributed by atoms with E-state index in [0.29, 0.717) is 36.3 Å². The molecule has 6 heteroatoms. The number of likely N-dealkylation sites (tertiary alicyclic amines) is 1. The fraction of sp³-hybridized carbons (Fsp3) is 0.250. The number of halogens is 1. The van der Waals surface area contributed by atoms with Crippen molar-refractivity contribution in [1.82, 2.24) is 10.2 Å². The largest absolute Gasteiger partial charge is 0.451 e. The van der Waals surface area contributed by atoms with Gasteiger partial charge in [-0.2, -0.15) is 0 Å². The molecular weight excluding hydrogens is 400 g/mol. The van der Waals surface area contributed by atoms with Gasteiger partial charge in [0, 0.05) is 36.1 Å². The molecule has 1 N–H and O–H groups in total. The zero-order valence-corrected chi connectivity index (χ0v) is 17.3. The highest BCUT2D eigenvalue weighted by molar-refractivity contribution is 6.32. The number of nitrogens with zero attached hydrogens (tertiary/aromatic N) is 1. The number of hydrogen-bond acceptors (Lipinski definition) is 3. The monoisotopic (exact) mass is 422 g/mol. The summed E-state index contributed by atoms with van der Waals surface area (Å²) in [5, 5.41) is 4.49. The van der Waals surface area contributed by atoms with Crippen molar-refractivity contribution >= 4 is 40.5 Å². The van der Waals surface area contributed by atoms with E-state index in [1.165, 1.54) is 6.08 Å². The van der Waals surface area contributed by atoms with E-state index < -0.39 is 0 Å². The highest BCUT2D eigenvalue weighted by Crippen LogP contribution is 2.23. The van der Waals surface area contributed by atoms with E-state index in [4.69, 9.17) is 16.0 Å². The third-order valence-electron chi connectivity index (χ3n) is 5.42. The molecule has 154 valence electrons. The molecule has 1 aliphatic heterocycles. The molecule has 2 heterocycles. The number of fused-ring (bicyclic) bond motifs is 1. The normalized spacial score (nSPS) is 15.0. The number of hydrogen-bond donors (Lipinski definition) is 1. The number of piperidine rings is 1. The molecule has 0 radical (unpaired) electrons. The van der Waals surface area contributed by atoms with Gasteiger partial charge >= 0.3 is 0 Å². The summed E-state index contributed by atoms with van der Waals surface area (Å²) in [5.41, 5.74) is 1.54. The van der Waals surface area contributed by atoms with Crippen LogP contribution < -0.4 is 5.32 Å². The van der Waals surface area contributed by atoms with Gasteiger partial charge in [0.05, 0.1) is 0 Å². The Morgan fingerprint density at radius 2 is 1.83 bits per heavy atom. The molecule has 0 spiro atoms. The molecular formula is C24H23ClN2O3. The molecule has 1 fully saturated rings. The van der Waals surface area contributed by atoms with Gasteiger partial charge in [-0.05, 0) is 48.6 Å². The Balaban J connectivity index is 1.25. The smallest absolute Gasteiger partial charge is 0.289 e. The topological polar surface area (TPSA) is 62.6 Å². The van der Waals surface area contributed by atoms with E-state index in [1.54, 1.807) is 18.2 Å². The Hall–Kier alpha value is -3.05. The minimum absolute atomic E-state index is 0.0728. The number of rotatable bonds is 5. The first-order valence-electron chi connectivity index (χ1n) is 10.1. The number of carbonyl (C=O) groups excluding carboxylic acids is 2. The molecule has 0 unspecified atom stereocenters. The highest BCUT2D eigenvalue weighted by atomic mass is 35.5. The van der Waals surface area contributed by atoms with Crippen LogP contribution in [0.15, 0.2) is 65.1 Å². The van der Waals surface area contributed by atoms with Crippen molar-refractivity contribution < 1.29 is 14.0 Å². The molecule has 0 bridgehead atoms. The van der Waals surface area contributed by atoms with E-state index in [-0.39, 0.29) is 11.8 Å². The summed E-state index contributed by atoms with van der Waals surface area (Å²) in [7, 11) is 0. The quantitative estimate of drug-likeness (QED) is 0.602. The molecule has 4 rings (SSSR count). The standard InChI is InChI=1S/C24H23ClN2O3/c25-20-7-3-1-5-18(20)9-10-23(28)26-16-17-11-13-27(14-12-17)24(29)22-15-19-6-2-4-8-21(19)30-22/h1-10,15,17H,11-14,16H2,(H,26,28)/b10-9+. The van der Waals surface area contributed by atoms with Gasteiger partial charge in [-0.15, -0.1) is 0 Å². The van der Waals surface area contributed by atoms with Gasteiger partial charge in [0.25, 0.3) is 5.91 Å². The highest BCUT2D eigenvalue weighted by Gasteiger charge is 2.25. The maximum Gasteiger partial charge on any atom is 0.289 e. The minimum Gasteiger partial charge on any atom is -0.451 e. The predicted molar refractivity (Wildman–Crippen MR) is 118 cm³/mol. The molecule has 1 aromatic heterocycles. The van der Waals surface area contributed by atoms with Crippen LogP contribution >= 0.6 is 11.6 Å². The van der Waals surface area contributed by atoms with Crippen LogP contribution in [0.5, 0.6) is 0 Å². The van der Waals surface area contributed by atoms with Gasteiger partial charge < -0.3 is 14.6 Å². The Morgan fingerprint density at radius 3 is 2.60 bits per heavy atom. The van der Waals surface area contributed by atoms with E-state index >= 15 is 0 Å². The van der Waals surface area contributed by atoms with E-state index in [2.05, 4.69) is 5.32 Å². The molecule has 0 saturated carbocycles. The van der Waals surface area contributed by atoms with Crippen LogP contribution in [-0.4, -0.2) is 36.3 Å². The lowest BCUT2D eigenvalue weighted by Gasteiger charge is -2.31. The van der Waals surface area contributed by atoms with Crippen molar-refractivity contribution in [1.29, 1.82) is 0 Å². The molecule has 3 aromatic rings. The van der Waals surface area contributed by atoms with Crippen molar-refractivity contribution in [3.05, 3.63) is 77.0 Å². The van der Waals surface area contributed by atoms with Gasteiger partial charge in [0.2, 0.25) is 5.91 Å². The van der Waals surface area contributed by atoms with Gasteiger partial charge in [-0.3, -0.25) is 9.59 Å². The summed E-state index contributed by atoms with van der Waals surface area (Å²) in [5.74, 6) is 0.516. The molecule has 1 saturated heterocycles. The van der Waals surface area contributed by atoms with Crippen LogP contribution in [0.25, 0.3) is 17.0 Å². The number of amides is 2. The van der Waals surface area contributed by atoms with E-state index in [1.807, 2.05) is 47.4 Å². The number of benzene rings is 2. The van der Waals surface area contributed by atoms with Crippen LogP contribution in [0.3, 0.4) is 0 Å². The molecule has 2 aromatic carbocycles. The Bertz CT molecular complexity index is 1050. The van der Waals surface area contributed by atoms with Crippen LogP contribution in [0.1, 0.15) is 29.0 Å². The molecule has 0 aliphatic carbocycles. The van der Waals surface area contributed by atoms with E-state index in [0.717, 1.165) is 29.4 Å². The van der Waals surface area contributed by atoms with E-state index in [9.17, 15) is 9.59 Å². The minimum atomic E-state index is -0.143. The second-order valence-corrected chi connectivity index (χ2v) is 7.89. The molecule has 1 aliphatic rings. The maximum atomic E-state index is 12.7. The second kappa shape index (κ2) is 9.18. The van der Waals surface area contributed by atoms with Crippen LogP contribution in [0.4, 0.5) is 0 Å². The number of carbonyl (C=O) groups is 2. The average Bonchev–Trinajstić information content (AvgIpc) is 3.21. The summed E-state index contributed by atoms with van der Waals surface area (Å²) >= 11 is 6.09. The SMILES string of the molecule is O=C(/C=C/c1ccccc1Cl)NCC1CCN(C(=O)c2cc3ccccc3o2)CC1. The number of furan rings is 1. The van der Waals surface area contributed by atoms with Crippen molar-refractivity contribution in [2.45, 2.75) is 12.8 Å². The van der Waals surface area contributed by atoms with Gasteiger partial charge in [0.1, 0.15) is 5.58 Å². The van der Waals surface area contributed by atoms with Crippen molar-refractivity contribution in [2.75, 3.05) is 19.6 Å². The fourth-order valence-corrected chi connectivity index (χ4v) is 3.86. The van der Waals surface area contributed by atoms with Gasteiger partial charge in [0.15, 0.2) is 5.76 Å². The maximum absolute atomic E-state index is 12.7. The van der Waals surface area contributed by atoms with Crippen LogP contribution in [0, 0.1) is 5.92 Å². The predicted octanol–water partition coefficient (Wildman–Crippen LogP) is 4.77. The Labute approximate surface area is 180 Å². The Kier molecular flexibility index (Phi) is 6.19. The van der Waals surface area contributed by atoms with Gasteiger partial charge in [-0.1, -0.05) is 48.0 Å². The van der Waals surface area contributed by atoms with Gasteiger partial charge in [-0.25, -0.2) is 0 Å². The Morgan fingerprint density at radius 1 is 1.10 bits per heavy atom. The first-order valence-corrected chi connectivity index (χ1v) is 10.5. The molecule has 0 atom stereocenters. The lowest BCUT2D eigenvalue weighted by atomic mass is 9.96. The lowest BCUT2D eigenvalue weighted by molar-refractivity contribution is -0.116. The molecule has 2 amide bonds. The zero-order valence-electron chi connectivity index (χ0n) is 16.5. The fourth-order valence-electron chi connectivity index (χ4n) is 3.66. The van der Waals surface area contributed by atoms with Crippen molar-refractivity contribution in [2.24, 2.45) is 5.92 Å². The summed E-state index contributed by atoms with van der Waals surface area (Å²) in [6.45, 7) is 1.91. The summed E-state index contributed by atoms with van der Waals surface area (Å²) in [6, 6.07) is 16.8. The summed E-state index contributed by atoms with van der Waals surface area (Å²) in [6.07, 6.45) is 4.91. The van der Waals surface area contributed by atoms with Crippen molar-refractivity contribution in [3.63, 3.8) is 0 Å². The summed E-state index contributed by atoms with van der Waals surface area (Å²) < 4.78 is 5.70. The number of nitrogens with one attached hydrogen (secondary N) is 1.